The SMILES string of the molecule is Cc1ccc(CNC(=O)Cn2c(-c3ccccc3)nc(C)c(CCO)c2=O)cc1C. The van der Waals surface area contributed by atoms with Crippen molar-refractivity contribution in [2.24, 2.45) is 0 Å². The quantitative estimate of drug-likeness (QED) is 0.633. The molecule has 0 aliphatic rings. The van der Waals surface area contributed by atoms with E-state index >= 15 is 0 Å². The molecule has 1 heterocycles. The van der Waals surface area contributed by atoms with Crippen LogP contribution < -0.4 is 10.9 Å². The van der Waals surface area contributed by atoms with Crippen LogP contribution in [-0.4, -0.2) is 27.2 Å². The minimum atomic E-state index is -0.295. The van der Waals surface area contributed by atoms with Crippen molar-refractivity contribution in [3.63, 3.8) is 0 Å². The molecule has 0 saturated heterocycles. The highest BCUT2D eigenvalue weighted by Gasteiger charge is 2.17. The molecule has 0 aliphatic heterocycles. The summed E-state index contributed by atoms with van der Waals surface area (Å²) in [4.78, 5) is 30.4. The molecule has 0 bridgehead atoms. The van der Waals surface area contributed by atoms with Crippen LogP contribution in [-0.2, 0) is 24.3 Å². The van der Waals surface area contributed by atoms with Crippen molar-refractivity contribution in [2.75, 3.05) is 6.61 Å². The van der Waals surface area contributed by atoms with Crippen LogP contribution in [0.5, 0.6) is 0 Å². The second-order valence-corrected chi connectivity index (χ2v) is 7.43. The predicted octanol–water partition coefficient (Wildman–Crippen LogP) is 2.69. The first-order chi connectivity index (χ1) is 14.4. The summed E-state index contributed by atoms with van der Waals surface area (Å²) in [6.45, 7) is 5.93. The molecule has 1 amide bonds. The van der Waals surface area contributed by atoms with Gasteiger partial charge in [0.2, 0.25) is 5.91 Å². The molecule has 6 heteroatoms. The Balaban J connectivity index is 1.89. The molecule has 6 nitrogen and oxygen atoms in total. The molecule has 156 valence electrons. The second kappa shape index (κ2) is 9.50. The van der Waals surface area contributed by atoms with Gasteiger partial charge < -0.3 is 10.4 Å². The van der Waals surface area contributed by atoms with Crippen LogP contribution in [0.4, 0.5) is 0 Å². The Hall–Kier alpha value is -3.25. The molecule has 30 heavy (non-hydrogen) atoms. The first-order valence-corrected chi connectivity index (χ1v) is 10.00. The van der Waals surface area contributed by atoms with E-state index in [2.05, 4.69) is 10.3 Å². The summed E-state index contributed by atoms with van der Waals surface area (Å²) in [6, 6.07) is 15.4. The number of carbonyl (C=O) groups is 1. The molecule has 3 rings (SSSR count). The Morgan fingerprint density at radius 3 is 2.47 bits per heavy atom. The fourth-order valence-electron chi connectivity index (χ4n) is 3.37. The van der Waals surface area contributed by atoms with Gasteiger partial charge in [0, 0.05) is 36.4 Å². The van der Waals surface area contributed by atoms with Gasteiger partial charge in [0.25, 0.3) is 5.56 Å². The van der Waals surface area contributed by atoms with Gasteiger partial charge in [-0.05, 0) is 37.5 Å². The number of aryl methyl sites for hydroxylation is 3. The van der Waals surface area contributed by atoms with Gasteiger partial charge in [-0.3, -0.25) is 14.2 Å². The largest absolute Gasteiger partial charge is 0.396 e. The van der Waals surface area contributed by atoms with Crippen molar-refractivity contribution in [1.29, 1.82) is 0 Å². The number of aromatic nitrogens is 2. The molecule has 2 aromatic carbocycles. The first-order valence-electron chi connectivity index (χ1n) is 10.00. The van der Waals surface area contributed by atoms with Gasteiger partial charge in [-0.25, -0.2) is 4.98 Å². The third-order valence-corrected chi connectivity index (χ3v) is 5.23. The van der Waals surface area contributed by atoms with Crippen molar-refractivity contribution in [3.05, 3.63) is 86.8 Å². The topological polar surface area (TPSA) is 84.2 Å². The summed E-state index contributed by atoms with van der Waals surface area (Å²) in [5, 5.41) is 12.2. The number of nitrogens with zero attached hydrogens (tertiary/aromatic N) is 2. The van der Waals surface area contributed by atoms with Crippen LogP contribution in [0, 0.1) is 20.8 Å². The smallest absolute Gasteiger partial charge is 0.257 e. The van der Waals surface area contributed by atoms with E-state index in [1.165, 1.54) is 15.7 Å². The van der Waals surface area contributed by atoms with Crippen LogP contribution in [0.3, 0.4) is 0 Å². The van der Waals surface area contributed by atoms with Crippen molar-refractivity contribution in [1.82, 2.24) is 14.9 Å². The third kappa shape index (κ3) is 4.83. The van der Waals surface area contributed by atoms with Gasteiger partial charge in [-0.15, -0.1) is 0 Å². The maximum absolute atomic E-state index is 13.1. The molecular formula is C24H27N3O3. The molecule has 3 aromatic rings. The molecule has 2 N–H and O–H groups in total. The van der Waals surface area contributed by atoms with Gasteiger partial charge in [-0.1, -0.05) is 48.5 Å². The monoisotopic (exact) mass is 405 g/mol. The molecule has 0 saturated carbocycles. The van der Waals surface area contributed by atoms with Crippen LogP contribution >= 0.6 is 0 Å². The summed E-state index contributed by atoms with van der Waals surface area (Å²) < 4.78 is 1.39. The number of amides is 1. The lowest BCUT2D eigenvalue weighted by Gasteiger charge is -2.16. The lowest BCUT2D eigenvalue weighted by atomic mass is 10.1. The second-order valence-electron chi connectivity index (χ2n) is 7.43. The highest BCUT2D eigenvalue weighted by atomic mass is 16.3. The minimum Gasteiger partial charge on any atom is -0.396 e. The number of benzene rings is 2. The van der Waals surface area contributed by atoms with Gasteiger partial charge in [0.1, 0.15) is 12.4 Å². The summed E-state index contributed by atoms with van der Waals surface area (Å²) in [5.41, 5.74) is 4.84. The fourth-order valence-corrected chi connectivity index (χ4v) is 3.37. The Labute approximate surface area is 176 Å². The van der Waals surface area contributed by atoms with E-state index in [1.54, 1.807) is 6.92 Å². The van der Waals surface area contributed by atoms with Crippen molar-refractivity contribution in [2.45, 2.75) is 40.3 Å². The standard InChI is InChI=1S/C24H27N3O3/c1-16-9-10-19(13-17(16)2)14-25-22(29)15-27-23(20-7-5-4-6-8-20)26-18(3)21(11-12-28)24(27)30/h4-10,13,28H,11-12,14-15H2,1-3H3,(H,25,29). The van der Waals surface area contributed by atoms with Gasteiger partial charge in [-0.2, -0.15) is 0 Å². The molecule has 1 aromatic heterocycles. The van der Waals surface area contributed by atoms with E-state index < -0.39 is 0 Å². The maximum atomic E-state index is 13.1. The van der Waals surface area contributed by atoms with E-state index in [9.17, 15) is 14.7 Å². The zero-order valence-electron chi connectivity index (χ0n) is 17.6. The Kier molecular flexibility index (Phi) is 6.79. The van der Waals surface area contributed by atoms with Crippen LogP contribution in [0.2, 0.25) is 0 Å². The molecule has 0 fully saturated rings. The summed E-state index contributed by atoms with van der Waals surface area (Å²) in [5.74, 6) is 0.175. The summed E-state index contributed by atoms with van der Waals surface area (Å²) in [7, 11) is 0. The number of carbonyl (C=O) groups excluding carboxylic acids is 1. The molecular weight excluding hydrogens is 378 g/mol. The van der Waals surface area contributed by atoms with Crippen molar-refractivity contribution < 1.29 is 9.90 Å². The van der Waals surface area contributed by atoms with E-state index in [0.29, 0.717) is 23.6 Å². The van der Waals surface area contributed by atoms with Crippen molar-refractivity contribution >= 4 is 5.91 Å². The zero-order valence-corrected chi connectivity index (χ0v) is 17.6. The first kappa shape index (κ1) is 21.5. The average Bonchev–Trinajstić information content (AvgIpc) is 2.74. The number of rotatable bonds is 7. The number of aliphatic hydroxyl groups is 1. The number of nitrogens with one attached hydrogen (secondary N) is 1. The number of hydrogen-bond donors (Lipinski definition) is 2. The number of hydrogen-bond acceptors (Lipinski definition) is 4. The van der Waals surface area contributed by atoms with E-state index in [0.717, 1.165) is 11.1 Å². The fraction of sp³-hybridized carbons (Fsp3) is 0.292. The highest BCUT2D eigenvalue weighted by molar-refractivity contribution is 5.76. The minimum absolute atomic E-state index is 0.139. The number of aliphatic hydroxyl groups excluding tert-OH is 1. The summed E-state index contributed by atoms with van der Waals surface area (Å²) >= 11 is 0. The molecule has 0 spiro atoms. The van der Waals surface area contributed by atoms with Crippen LogP contribution in [0.15, 0.2) is 53.3 Å². The lowest BCUT2D eigenvalue weighted by Crippen LogP contribution is -2.35. The van der Waals surface area contributed by atoms with Gasteiger partial charge in [0.15, 0.2) is 0 Å². The Morgan fingerprint density at radius 2 is 1.80 bits per heavy atom. The van der Waals surface area contributed by atoms with E-state index in [4.69, 9.17) is 0 Å². The van der Waals surface area contributed by atoms with Gasteiger partial charge in [0.05, 0.1) is 0 Å². The van der Waals surface area contributed by atoms with Gasteiger partial charge >= 0.3 is 0 Å². The zero-order chi connectivity index (χ0) is 21.7. The van der Waals surface area contributed by atoms with Crippen LogP contribution in [0.1, 0.15) is 27.9 Å². The Bertz CT molecular complexity index is 1100. The normalized spacial score (nSPS) is 10.8. The molecule has 0 unspecified atom stereocenters. The third-order valence-electron chi connectivity index (χ3n) is 5.23. The molecule has 0 aliphatic carbocycles. The Morgan fingerprint density at radius 1 is 1.07 bits per heavy atom. The summed E-state index contributed by atoms with van der Waals surface area (Å²) in [6.07, 6.45) is 0.205. The van der Waals surface area contributed by atoms with E-state index in [1.807, 2.05) is 62.4 Å². The predicted molar refractivity (Wildman–Crippen MR) is 117 cm³/mol. The molecule has 0 radical (unpaired) electrons. The highest BCUT2D eigenvalue weighted by Crippen LogP contribution is 2.17. The van der Waals surface area contributed by atoms with E-state index in [-0.39, 0.29) is 31.0 Å². The average molecular weight is 405 g/mol. The maximum Gasteiger partial charge on any atom is 0.257 e. The van der Waals surface area contributed by atoms with Crippen LogP contribution in [0.25, 0.3) is 11.4 Å². The van der Waals surface area contributed by atoms with Crippen molar-refractivity contribution in [3.8, 4) is 11.4 Å². The molecule has 0 atom stereocenters. The lowest BCUT2D eigenvalue weighted by molar-refractivity contribution is -0.121.